The minimum absolute atomic E-state index is 0.0542. The van der Waals surface area contributed by atoms with E-state index in [2.05, 4.69) is 17.1 Å². The molecule has 0 aromatic carbocycles. The van der Waals surface area contributed by atoms with Gasteiger partial charge in [0.25, 0.3) is 5.91 Å². The van der Waals surface area contributed by atoms with Crippen molar-refractivity contribution >= 4 is 5.91 Å². The summed E-state index contributed by atoms with van der Waals surface area (Å²) in [6.07, 6.45) is 1.13. The molecule has 0 N–H and O–H groups in total. The predicted molar refractivity (Wildman–Crippen MR) is 72.5 cm³/mol. The van der Waals surface area contributed by atoms with Gasteiger partial charge in [0.05, 0.1) is 12.7 Å². The molecule has 0 aliphatic carbocycles. The molecule has 2 atom stereocenters. The smallest absolute Gasteiger partial charge is 0.276 e. The average molecular weight is 279 g/mol. The van der Waals surface area contributed by atoms with Crippen LogP contribution in [0.15, 0.2) is 10.6 Å². The standard InChI is InChI=1S/C14H21N3O3/c1-10-7-12(15-20-10)14(18)17-4-3-11-8-16(2)5-6-19-13(11)9-17/h7,11,13H,3-6,8-9H2,1-2H3/t11-,13-/m0/s1. The fourth-order valence-corrected chi connectivity index (χ4v) is 3.03. The second kappa shape index (κ2) is 5.54. The molecule has 1 aromatic rings. The van der Waals surface area contributed by atoms with E-state index in [0.29, 0.717) is 23.9 Å². The number of likely N-dealkylation sites (N-methyl/N-ethyl adjacent to an activating group) is 1. The molecule has 110 valence electrons. The van der Waals surface area contributed by atoms with Crippen LogP contribution in [0.1, 0.15) is 22.7 Å². The average Bonchev–Trinajstić information content (AvgIpc) is 2.77. The SMILES string of the molecule is Cc1cc(C(=O)N2CC[C@H]3CN(C)CCO[C@H]3C2)no1. The molecule has 0 unspecified atom stereocenters. The Labute approximate surface area is 118 Å². The summed E-state index contributed by atoms with van der Waals surface area (Å²) >= 11 is 0. The molecular weight excluding hydrogens is 258 g/mol. The highest BCUT2D eigenvalue weighted by molar-refractivity contribution is 5.92. The molecule has 6 heteroatoms. The van der Waals surface area contributed by atoms with Crippen LogP contribution in [0.5, 0.6) is 0 Å². The summed E-state index contributed by atoms with van der Waals surface area (Å²) in [6.45, 7) is 5.97. The van der Waals surface area contributed by atoms with Crippen LogP contribution in [-0.4, -0.2) is 66.8 Å². The third-order valence-corrected chi connectivity index (χ3v) is 4.18. The number of aryl methyl sites for hydroxylation is 1. The summed E-state index contributed by atoms with van der Waals surface area (Å²) in [5.74, 6) is 1.13. The first-order valence-corrected chi connectivity index (χ1v) is 7.16. The van der Waals surface area contributed by atoms with Gasteiger partial charge in [-0.2, -0.15) is 0 Å². The molecule has 2 aliphatic heterocycles. The fourth-order valence-electron chi connectivity index (χ4n) is 3.03. The number of piperidine rings is 1. The maximum atomic E-state index is 12.4. The highest BCUT2D eigenvalue weighted by Gasteiger charge is 2.35. The van der Waals surface area contributed by atoms with Gasteiger partial charge < -0.3 is 19.1 Å². The van der Waals surface area contributed by atoms with Crippen LogP contribution in [0.25, 0.3) is 0 Å². The molecule has 3 heterocycles. The largest absolute Gasteiger partial charge is 0.375 e. The van der Waals surface area contributed by atoms with E-state index in [1.54, 1.807) is 13.0 Å². The van der Waals surface area contributed by atoms with Crippen molar-refractivity contribution in [1.82, 2.24) is 15.0 Å². The number of aromatic nitrogens is 1. The van der Waals surface area contributed by atoms with E-state index in [4.69, 9.17) is 9.26 Å². The fraction of sp³-hybridized carbons (Fsp3) is 0.714. The molecule has 1 aromatic heterocycles. The van der Waals surface area contributed by atoms with Gasteiger partial charge in [-0.3, -0.25) is 4.79 Å². The van der Waals surface area contributed by atoms with Crippen molar-refractivity contribution in [2.75, 3.05) is 39.8 Å². The summed E-state index contributed by atoms with van der Waals surface area (Å²) in [5, 5.41) is 3.81. The summed E-state index contributed by atoms with van der Waals surface area (Å²) < 4.78 is 10.9. The third kappa shape index (κ3) is 2.71. The molecule has 3 rings (SSSR count). The quantitative estimate of drug-likeness (QED) is 0.760. The van der Waals surface area contributed by atoms with Gasteiger partial charge in [0.15, 0.2) is 5.69 Å². The monoisotopic (exact) mass is 279 g/mol. The Morgan fingerprint density at radius 3 is 3.00 bits per heavy atom. The predicted octanol–water partition coefficient (Wildman–Crippen LogP) is 0.776. The number of fused-ring (bicyclic) bond motifs is 1. The zero-order chi connectivity index (χ0) is 14.1. The Morgan fingerprint density at radius 1 is 1.40 bits per heavy atom. The molecule has 0 radical (unpaired) electrons. The Hall–Kier alpha value is -1.40. The topological polar surface area (TPSA) is 58.8 Å². The van der Waals surface area contributed by atoms with Crippen molar-refractivity contribution in [1.29, 1.82) is 0 Å². The van der Waals surface area contributed by atoms with Crippen molar-refractivity contribution in [3.63, 3.8) is 0 Å². The number of likely N-dealkylation sites (tertiary alicyclic amines) is 1. The van der Waals surface area contributed by atoms with Gasteiger partial charge in [-0.15, -0.1) is 0 Å². The lowest BCUT2D eigenvalue weighted by Gasteiger charge is -2.37. The van der Waals surface area contributed by atoms with Crippen LogP contribution in [0, 0.1) is 12.8 Å². The zero-order valence-electron chi connectivity index (χ0n) is 12.0. The lowest BCUT2D eigenvalue weighted by Crippen LogP contribution is -2.49. The van der Waals surface area contributed by atoms with E-state index >= 15 is 0 Å². The Bertz CT molecular complexity index is 488. The zero-order valence-corrected chi connectivity index (χ0v) is 12.0. The summed E-state index contributed by atoms with van der Waals surface area (Å²) in [4.78, 5) is 16.5. The number of carbonyl (C=O) groups is 1. The number of amides is 1. The van der Waals surface area contributed by atoms with Crippen LogP contribution in [-0.2, 0) is 4.74 Å². The number of hydrogen-bond acceptors (Lipinski definition) is 5. The van der Waals surface area contributed by atoms with Crippen LogP contribution >= 0.6 is 0 Å². The first-order valence-electron chi connectivity index (χ1n) is 7.16. The normalized spacial score (nSPS) is 28.0. The number of hydrogen-bond donors (Lipinski definition) is 0. The lowest BCUT2D eigenvalue weighted by molar-refractivity contribution is -0.0173. The van der Waals surface area contributed by atoms with Gasteiger partial charge in [-0.05, 0) is 20.4 Å². The molecule has 20 heavy (non-hydrogen) atoms. The molecule has 0 spiro atoms. The van der Waals surface area contributed by atoms with Crippen molar-refractivity contribution in [3.8, 4) is 0 Å². The maximum absolute atomic E-state index is 12.4. The minimum atomic E-state index is -0.0542. The van der Waals surface area contributed by atoms with Crippen LogP contribution in [0.2, 0.25) is 0 Å². The number of ether oxygens (including phenoxy) is 1. The molecule has 2 aliphatic rings. The highest BCUT2D eigenvalue weighted by atomic mass is 16.5. The molecule has 1 amide bonds. The molecule has 0 bridgehead atoms. The van der Waals surface area contributed by atoms with Crippen molar-refractivity contribution in [2.45, 2.75) is 19.4 Å². The van der Waals surface area contributed by atoms with Crippen LogP contribution in [0.3, 0.4) is 0 Å². The van der Waals surface area contributed by atoms with Crippen molar-refractivity contribution < 1.29 is 14.1 Å². The number of nitrogens with zero attached hydrogens (tertiary/aromatic N) is 3. The van der Waals surface area contributed by atoms with Crippen LogP contribution < -0.4 is 0 Å². The van der Waals surface area contributed by atoms with E-state index in [0.717, 1.165) is 32.7 Å². The van der Waals surface area contributed by atoms with E-state index in [1.165, 1.54) is 0 Å². The molecule has 2 saturated heterocycles. The van der Waals surface area contributed by atoms with Crippen molar-refractivity contribution in [2.24, 2.45) is 5.92 Å². The molecule has 6 nitrogen and oxygen atoms in total. The first kappa shape index (κ1) is 13.6. The van der Waals surface area contributed by atoms with Gasteiger partial charge in [0.2, 0.25) is 0 Å². The maximum Gasteiger partial charge on any atom is 0.276 e. The van der Waals surface area contributed by atoms with Crippen molar-refractivity contribution in [3.05, 3.63) is 17.5 Å². The molecule has 2 fully saturated rings. The van der Waals surface area contributed by atoms with E-state index in [1.807, 2.05) is 4.90 Å². The number of rotatable bonds is 1. The first-order chi connectivity index (χ1) is 9.63. The van der Waals surface area contributed by atoms with E-state index in [-0.39, 0.29) is 12.0 Å². The minimum Gasteiger partial charge on any atom is -0.375 e. The Kier molecular flexibility index (Phi) is 3.76. The van der Waals surface area contributed by atoms with E-state index < -0.39 is 0 Å². The summed E-state index contributed by atoms with van der Waals surface area (Å²) in [6, 6.07) is 1.69. The lowest BCUT2D eigenvalue weighted by atomic mass is 9.93. The highest BCUT2D eigenvalue weighted by Crippen LogP contribution is 2.24. The van der Waals surface area contributed by atoms with Crippen LogP contribution in [0.4, 0.5) is 0 Å². The Morgan fingerprint density at radius 2 is 2.25 bits per heavy atom. The summed E-state index contributed by atoms with van der Waals surface area (Å²) in [5.41, 5.74) is 0.395. The Balaban J connectivity index is 1.67. The summed E-state index contributed by atoms with van der Waals surface area (Å²) in [7, 11) is 2.13. The van der Waals surface area contributed by atoms with E-state index in [9.17, 15) is 4.79 Å². The third-order valence-electron chi connectivity index (χ3n) is 4.18. The number of carbonyl (C=O) groups excluding carboxylic acids is 1. The van der Waals surface area contributed by atoms with Gasteiger partial charge >= 0.3 is 0 Å². The molecule has 0 saturated carbocycles. The second-order valence-corrected chi connectivity index (χ2v) is 5.79. The second-order valence-electron chi connectivity index (χ2n) is 5.79. The molecular formula is C14H21N3O3. The van der Waals surface area contributed by atoms with Gasteiger partial charge in [0.1, 0.15) is 5.76 Å². The van der Waals surface area contributed by atoms with Gasteiger partial charge in [0, 0.05) is 38.2 Å². The van der Waals surface area contributed by atoms with Gasteiger partial charge in [-0.25, -0.2) is 0 Å². The van der Waals surface area contributed by atoms with Gasteiger partial charge in [-0.1, -0.05) is 5.16 Å².